The molecule has 0 bridgehead atoms. The maximum Gasteiger partial charge on any atom is 0.287 e. The molecule has 4 rings (SSSR count). The van der Waals surface area contributed by atoms with Gasteiger partial charge >= 0.3 is 0 Å². The number of nitrogens with zero attached hydrogens (tertiary/aromatic N) is 1. The first-order valence-corrected chi connectivity index (χ1v) is 9.04. The molecule has 7 heteroatoms. The van der Waals surface area contributed by atoms with Gasteiger partial charge in [0.05, 0.1) is 16.3 Å². The van der Waals surface area contributed by atoms with E-state index in [1.165, 1.54) is 17.4 Å². The Balaban J connectivity index is 1.52. The molecule has 1 atom stereocenters. The van der Waals surface area contributed by atoms with Crippen molar-refractivity contribution in [1.29, 1.82) is 0 Å². The van der Waals surface area contributed by atoms with Gasteiger partial charge in [0.1, 0.15) is 0 Å². The topological polar surface area (TPSA) is 55.1 Å². The monoisotopic (exact) mass is 384 g/mol. The number of furan rings is 1. The third kappa shape index (κ3) is 3.46. The second-order valence-corrected chi connectivity index (χ2v) is 7.05. The SMILES string of the molecule is CC(NC(=O)c1ccc(-c2nc3ccccc3s2)o1)c1ccc(F)c(F)c1. The molecular formula is C20H14F2N2O2S. The lowest BCUT2D eigenvalue weighted by molar-refractivity contribution is 0.0912. The van der Waals surface area contributed by atoms with Gasteiger partial charge in [-0.15, -0.1) is 11.3 Å². The number of carbonyl (C=O) groups excluding carboxylic acids is 1. The van der Waals surface area contributed by atoms with Gasteiger partial charge < -0.3 is 9.73 Å². The van der Waals surface area contributed by atoms with Crippen LogP contribution in [0.1, 0.15) is 29.1 Å². The average molecular weight is 384 g/mol. The summed E-state index contributed by atoms with van der Waals surface area (Å²) in [5.74, 6) is -1.70. The number of fused-ring (bicyclic) bond motifs is 1. The van der Waals surface area contributed by atoms with Crippen molar-refractivity contribution in [3.63, 3.8) is 0 Å². The molecular weight excluding hydrogens is 370 g/mol. The Hall–Kier alpha value is -3.06. The second-order valence-electron chi connectivity index (χ2n) is 6.02. The highest BCUT2D eigenvalue weighted by Crippen LogP contribution is 2.31. The van der Waals surface area contributed by atoms with E-state index in [9.17, 15) is 13.6 Å². The Labute approximate surface area is 157 Å². The predicted molar refractivity (Wildman–Crippen MR) is 99.6 cm³/mol. The zero-order valence-electron chi connectivity index (χ0n) is 14.2. The summed E-state index contributed by atoms with van der Waals surface area (Å²) < 4.78 is 33.1. The van der Waals surface area contributed by atoms with Gasteiger partial charge in [-0.25, -0.2) is 13.8 Å². The third-order valence-electron chi connectivity index (χ3n) is 4.13. The first kappa shape index (κ1) is 17.4. The fraction of sp³-hybridized carbons (Fsp3) is 0.100. The number of halogens is 2. The number of hydrogen-bond acceptors (Lipinski definition) is 4. The number of hydrogen-bond donors (Lipinski definition) is 1. The molecule has 0 fully saturated rings. The van der Waals surface area contributed by atoms with Crippen LogP contribution >= 0.6 is 11.3 Å². The van der Waals surface area contributed by atoms with Crippen LogP contribution < -0.4 is 5.32 Å². The van der Waals surface area contributed by atoms with E-state index in [0.29, 0.717) is 16.3 Å². The molecule has 0 aliphatic carbocycles. The summed E-state index contributed by atoms with van der Waals surface area (Å²) >= 11 is 1.48. The zero-order chi connectivity index (χ0) is 19.0. The van der Waals surface area contributed by atoms with Gasteiger partial charge in [0.25, 0.3) is 5.91 Å². The Morgan fingerprint density at radius 2 is 1.93 bits per heavy atom. The van der Waals surface area contributed by atoms with Gasteiger partial charge in [0.2, 0.25) is 0 Å². The van der Waals surface area contributed by atoms with Crippen LogP contribution in [0.3, 0.4) is 0 Å². The normalized spacial score (nSPS) is 12.3. The Kier molecular flexibility index (Phi) is 4.45. The van der Waals surface area contributed by atoms with Crippen molar-refractivity contribution < 1.29 is 18.0 Å². The van der Waals surface area contributed by atoms with Crippen molar-refractivity contribution in [1.82, 2.24) is 10.3 Å². The van der Waals surface area contributed by atoms with E-state index < -0.39 is 23.6 Å². The molecule has 2 aromatic heterocycles. The lowest BCUT2D eigenvalue weighted by Crippen LogP contribution is -2.26. The van der Waals surface area contributed by atoms with Crippen LogP contribution in [0, 0.1) is 11.6 Å². The molecule has 4 aromatic rings. The average Bonchev–Trinajstić information content (AvgIpc) is 3.30. The van der Waals surface area contributed by atoms with Gasteiger partial charge in [-0.05, 0) is 48.9 Å². The number of amides is 1. The standard InChI is InChI=1S/C20H14F2N2O2S/c1-11(12-6-7-13(21)14(22)10-12)23-19(25)16-8-9-17(26-16)20-24-15-4-2-3-5-18(15)27-20/h2-11H,1H3,(H,23,25). The van der Waals surface area contributed by atoms with Crippen molar-refractivity contribution in [3.05, 3.63) is 77.6 Å². The maximum absolute atomic E-state index is 13.4. The van der Waals surface area contributed by atoms with E-state index in [4.69, 9.17) is 4.42 Å². The number of aromatic nitrogens is 1. The highest BCUT2D eigenvalue weighted by Gasteiger charge is 2.18. The van der Waals surface area contributed by atoms with E-state index in [1.807, 2.05) is 24.3 Å². The molecule has 27 heavy (non-hydrogen) atoms. The molecule has 0 radical (unpaired) electrons. The van der Waals surface area contributed by atoms with Crippen LogP contribution in [0.15, 0.2) is 59.0 Å². The summed E-state index contributed by atoms with van der Waals surface area (Å²) in [6, 6.07) is 14.0. The third-order valence-corrected chi connectivity index (χ3v) is 5.18. The molecule has 2 heterocycles. The zero-order valence-corrected chi connectivity index (χ0v) is 15.0. The van der Waals surface area contributed by atoms with Gasteiger partial charge in [-0.1, -0.05) is 18.2 Å². The summed E-state index contributed by atoms with van der Waals surface area (Å²) in [6.45, 7) is 1.68. The van der Waals surface area contributed by atoms with Crippen molar-refractivity contribution in [2.24, 2.45) is 0 Å². The van der Waals surface area contributed by atoms with Gasteiger partial charge in [-0.3, -0.25) is 4.79 Å². The van der Waals surface area contributed by atoms with Gasteiger partial charge in [0, 0.05) is 0 Å². The molecule has 2 aromatic carbocycles. The molecule has 0 saturated heterocycles. The fourth-order valence-corrected chi connectivity index (χ4v) is 3.61. The lowest BCUT2D eigenvalue weighted by atomic mass is 10.1. The molecule has 0 saturated carbocycles. The Bertz CT molecular complexity index is 1100. The highest BCUT2D eigenvalue weighted by molar-refractivity contribution is 7.21. The fourth-order valence-electron chi connectivity index (χ4n) is 2.69. The number of rotatable bonds is 4. The summed E-state index contributed by atoms with van der Waals surface area (Å²) in [7, 11) is 0. The Morgan fingerprint density at radius 3 is 2.70 bits per heavy atom. The van der Waals surface area contributed by atoms with E-state index in [2.05, 4.69) is 10.3 Å². The number of carbonyl (C=O) groups is 1. The molecule has 1 amide bonds. The van der Waals surface area contributed by atoms with E-state index in [-0.39, 0.29) is 5.76 Å². The molecule has 0 spiro atoms. The number of benzene rings is 2. The van der Waals surface area contributed by atoms with Crippen LogP contribution in [-0.4, -0.2) is 10.9 Å². The van der Waals surface area contributed by atoms with Crippen LogP contribution in [0.4, 0.5) is 8.78 Å². The molecule has 1 N–H and O–H groups in total. The van der Waals surface area contributed by atoms with E-state index in [1.54, 1.807) is 19.1 Å². The van der Waals surface area contributed by atoms with Crippen molar-refractivity contribution in [2.45, 2.75) is 13.0 Å². The first-order valence-electron chi connectivity index (χ1n) is 8.23. The van der Waals surface area contributed by atoms with Crippen molar-refractivity contribution in [3.8, 4) is 10.8 Å². The maximum atomic E-state index is 13.4. The van der Waals surface area contributed by atoms with Crippen LogP contribution in [-0.2, 0) is 0 Å². The van der Waals surface area contributed by atoms with Crippen LogP contribution in [0.25, 0.3) is 21.0 Å². The van der Waals surface area contributed by atoms with Crippen molar-refractivity contribution in [2.75, 3.05) is 0 Å². The Morgan fingerprint density at radius 1 is 1.11 bits per heavy atom. The second kappa shape index (κ2) is 6.92. The van der Waals surface area contributed by atoms with Gasteiger partial charge in [-0.2, -0.15) is 0 Å². The smallest absolute Gasteiger partial charge is 0.287 e. The summed E-state index contributed by atoms with van der Waals surface area (Å²) in [5.41, 5.74) is 1.33. The van der Waals surface area contributed by atoms with Crippen molar-refractivity contribution >= 4 is 27.5 Å². The number of para-hydroxylation sites is 1. The summed E-state index contributed by atoms with van der Waals surface area (Å²) in [5, 5.41) is 3.40. The molecule has 4 nitrogen and oxygen atoms in total. The summed E-state index contributed by atoms with van der Waals surface area (Å²) in [6.07, 6.45) is 0. The van der Waals surface area contributed by atoms with E-state index in [0.717, 1.165) is 22.3 Å². The minimum Gasteiger partial charge on any atom is -0.448 e. The minimum atomic E-state index is -0.954. The first-order chi connectivity index (χ1) is 13.0. The van der Waals surface area contributed by atoms with E-state index >= 15 is 0 Å². The molecule has 0 aliphatic heterocycles. The van der Waals surface area contributed by atoms with Crippen LogP contribution in [0.2, 0.25) is 0 Å². The molecule has 0 aliphatic rings. The predicted octanol–water partition coefficient (Wildman–Crippen LogP) is 5.33. The lowest BCUT2D eigenvalue weighted by Gasteiger charge is -2.13. The van der Waals surface area contributed by atoms with Crippen LogP contribution in [0.5, 0.6) is 0 Å². The summed E-state index contributed by atoms with van der Waals surface area (Å²) in [4.78, 5) is 16.9. The quantitative estimate of drug-likeness (QED) is 0.518. The molecule has 136 valence electrons. The largest absolute Gasteiger partial charge is 0.448 e. The minimum absolute atomic E-state index is 0.124. The number of thiazole rings is 1. The number of nitrogens with one attached hydrogen (secondary N) is 1. The molecule has 1 unspecified atom stereocenters. The van der Waals surface area contributed by atoms with Gasteiger partial charge in [0.15, 0.2) is 28.2 Å². The highest BCUT2D eigenvalue weighted by atomic mass is 32.1.